The van der Waals surface area contributed by atoms with Crippen LogP contribution in [-0.4, -0.2) is 19.7 Å². The lowest BCUT2D eigenvalue weighted by molar-refractivity contribution is 0.431. The van der Waals surface area contributed by atoms with Crippen LogP contribution in [0.3, 0.4) is 0 Å². The standard InChI is InChI=1S/C15H20N4O/c1-4-11(5-2)6-7-13-17-14-8-10(3)12(9-16)15(20)19(14)18-13/h8,11,20H,4-7H2,1-3H3. The van der Waals surface area contributed by atoms with Crippen molar-refractivity contribution in [2.75, 3.05) is 0 Å². The summed E-state index contributed by atoms with van der Waals surface area (Å²) in [5, 5.41) is 23.4. The maximum Gasteiger partial charge on any atom is 0.232 e. The van der Waals surface area contributed by atoms with Crippen LogP contribution in [-0.2, 0) is 6.42 Å². The number of hydrogen-bond donors (Lipinski definition) is 1. The van der Waals surface area contributed by atoms with Crippen LogP contribution in [0.25, 0.3) is 5.65 Å². The SMILES string of the molecule is CCC(CC)CCc1nc2cc(C)c(C#N)c(O)n2n1. The zero-order chi connectivity index (χ0) is 14.7. The number of aromatic nitrogens is 3. The number of aryl methyl sites for hydroxylation is 2. The number of nitrogens with zero attached hydrogens (tertiary/aromatic N) is 4. The first-order valence-corrected chi connectivity index (χ1v) is 7.09. The van der Waals surface area contributed by atoms with Crippen LogP contribution in [0.2, 0.25) is 0 Å². The fourth-order valence-corrected chi connectivity index (χ4v) is 2.44. The number of aromatic hydroxyl groups is 1. The molecule has 0 fully saturated rings. The molecule has 2 heterocycles. The summed E-state index contributed by atoms with van der Waals surface area (Å²) in [5.41, 5.74) is 1.57. The van der Waals surface area contributed by atoms with Gasteiger partial charge in [-0.15, -0.1) is 5.10 Å². The van der Waals surface area contributed by atoms with Crippen molar-refractivity contribution in [3.63, 3.8) is 0 Å². The van der Waals surface area contributed by atoms with Gasteiger partial charge in [-0.1, -0.05) is 26.7 Å². The third kappa shape index (κ3) is 2.60. The second-order valence-corrected chi connectivity index (χ2v) is 5.16. The minimum absolute atomic E-state index is 0.121. The molecule has 1 N–H and O–H groups in total. The molecule has 0 radical (unpaired) electrons. The van der Waals surface area contributed by atoms with Gasteiger partial charge in [-0.3, -0.25) is 0 Å². The maximum atomic E-state index is 10.1. The second kappa shape index (κ2) is 5.91. The number of fused-ring (bicyclic) bond motifs is 1. The maximum absolute atomic E-state index is 10.1. The van der Waals surface area contributed by atoms with Gasteiger partial charge in [0.05, 0.1) is 0 Å². The lowest BCUT2D eigenvalue weighted by Crippen LogP contribution is -2.00. The highest BCUT2D eigenvalue weighted by Crippen LogP contribution is 2.22. The fraction of sp³-hybridized carbons (Fsp3) is 0.533. The van der Waals surface area contributed by atoms with Crippen LogP contribution in [0.5, 0.6) is 5.88 Å². The monoisotopic (exact) mass is 272 g/mol. The molecular weight excluding hydrogens is 252 g/mol. The van der Waals surface area contributed by atoms with Gasteiger partial charge < -0.3 is 5.11 Å². The van der Waals surface area contributed by atoms with Crippen LogP contribution in [0.4, 0.5) is 0 Å². The van der Waals surface area contributed by atoms with Crippen LogP contribution in [0.1, 0.15) is 50.1 Å². The van der Waals surface area contributed by atoms with Gasteiger partial charge in [0.1, 0.15) is 11.6 Å². The summed E-state index contributed by atoms with van der Waals surface area (Å²) in [5.74, 6) is 1.29. The first-order valence-electron chi connectivity index (χ1n) is 7.09. The van der Waals surface area contributed by atoms with Crippen LogP contribution in [0, 0.1) is 24.2 Å². The molecule has 2 aromatic rings. The summed E-state index contributed by atoms with van der Waals surface area (Å²) in [7, 11) is 0. The molecule has 20 heavy (non-hydrogen) atoms. The van der Waals surface area contributed by atoms with Crippen molar-refractivity contribution < 1.29 is 5.11 Å². The smallest absolute Gasteiger partial charge is 0.232 e. The molecule has 0 saturated carbocycles. The lowest BCUT2D eigenvalue weighted by atomic mass is 9.97. The average molecular weight is 272 g/mol. The van der Waals surface area contributed by atoms with E-state index in [9.17, 15) is 5.11 Å². The van der Waals surface area contributed by atoms with E-state index in [4.69, 9.17) is 5.26 Å². The largest absolute Gasteiger partial charge is 0.492 e. The van der Waals surface area contributed by atoms with E-state index >= 15 is 0 Å². The highest BCUT2D eigenvalue weighted by atomic mass is 16.3. The average Bonchev–Trinajstić information content (AvgIpc) is 2.83. The fourth-order valence-electron chi connectivity index (χ4n) is 2.44. The Morgan fingerprint density at radius 3 is 2.70 bits per heavy atom. The first kappa shape index (κ1) is 14.3. The normalized spacial score (nSPS) is 11.2. The van der Waals surface area contributed by atoms with Gasteiger partial charge in [-0.2, -0.15) is 9.78 Å². The van der Waals surface area contributed by atoms with Crippen molar-refractivity contribution in [3.05, 3.63) is 23.0 Å². The van der Waals surface area contributed by atoms with Crippen molar-refractivity contribution in [1.29, 1.82) is 5.26 Å². The molecule has 0 saturated heterocycles. The minimum Gasteiger partial charge on any atom is -0.492 e. The van der Waals surface area contributed by atoms with E-state index in [0.29, 0.717) is 11.6 Å². The molecule has 0 spiro atoms. The van der Waals surface area contributed by atoms with E-state index in [0.717, 1.165) is 37.1 Å². The Morgan fingerprint density at radius 2 is 2.10 bits per heavy atom. The van der Waals surface area contributed by atoms with E-state index in [2.05, 4.69) is 23.9 Å². The van der Waals surface area contributed by atoms with Crippen LogP contribution >= 0.6 is 0 Å². The molecule has 5 heteroatoms. The number of nitriles is 1. The Bertz CT molecular complexity index is 650. The molecular formula is C15H20N4O. The van der Waals surface area contributed by atoms with Crippen molar-refractivity contribution in [2.45, 2.75) is 46.5 Å². The second-order valence-electron chi connectivity index (χ2n) is 5.16. The molecule has 0 bridgehead atoms. The molecule has 5 nitrogen and oxygen atoms in total. The Hall–Kier alpha value is -2.09. The van der Waals surface area contributed by atoms with Gasteiger partial charge in [0.2, 0.25) is 5.88 Å². The highest BCUT2D eigenvalue weighted by molar-refractivity contribution is 5.53. The van der Waals surface area contributed by atoms with Crippen molar-refractivity contribution >= 4 is 5.65 Å². The molecule has 0 aliphatic rings. The third-order valence-corrected chi connectivity index (χ3v) is 3.88. The van der Waals surface area contributed by atoms with Gasteiger partial charge in [0.25, 0.3) is 0 Å². The molecule has 2 rings (SSSR count). The molecule has 106 valence electrons. The summed E-state index contributed by atoms with van der Waals surface area (Å²) < 4.78 is 1.35. The summed E-state index contributed by atoms with van der Waals surface area (Å²) in [6, 6.07) is 3.78. The Morgan fingerprint density at radius 1 is 1.40 bits per heavy atom. The van der Waals surface area contributed by atoms with E-state index in [1.807, 2.05) is 6.07 Å². The molecule has 2 aromatic heterocycles. The quantitative estimate of drug-likeness (QED) is 0.908. The van der Waals surface area contributed by atoms with Crippen molar-refractivity contribution in [2.24, 2.45) is 5.92 Å². The van der Waals surface area contributed by atoms with Gasteiger partial charge in [-0.25, -0.2) is 4.98 Å². The Kier molecular flexibility index (Phi) is 4.23. The zero-order valence-corrected chi connectivity index (χ0v) is 12.2. The van der Waals surface area contributed by atoms with Gasteiger partial charge in [0.15, 0.2) is 11.5 Å². The molecule has 0 unspecified atom stereocenters. The van der Waals surface area contributed by atoms with Gasteiger partial charge in [0, 0.05) is 6.42 Å². The number of hydrogen-bond acceptors (Lipinski definition) is 4. The topological polar surface area (TPSA) is 74.2 Å². The van der Waals surface area contributed by atoms with Gasteiger partial charge in [-0.05, 0) is 30.9 Å². The Labute approximate surface area is 118 Å². The molecule has 0 amide bonds. The van der Waals surface area contributed by atoms with Gasteiger partial charge >= 0.3 is 0 Å². The van der Waals surface area contributed by atoms with E-state index in [-0.39, 0.29) is 11.4 Å². The van der Waals surface area contributed by atoms with E-state index in [1.165, 1.54) is 4.52 Å². The summed E-state index contributed by atoms with van der Waals surface area (Å²) in [6.07, 6.45) is 4.17. The molecule has 0 aromatic carbocycles. The summed E-state index contributed by atoms with van der Waals surface area (Å²) in [6.45, 7) is 6.18. The predicted octanol–water partition coefficient (Wildman–Crippen LogP) is 2.98. The van der Waals surface area contributed by atoms with Crippen LogP contribution < -0.4 is 0 Å². The highest BCUT2D eigenvalue weighted by Gasteiger charge is 2.14. The molecule has 0 aliphatic heterocycles. The minimum atomic E-state index is -0.121. The van der Waals surface area contributed by atoms with Crippen molar-refractivity contribution in [3.8, 4) is 11.9 Å². The first-order chi connectivity index (χ1) is 9.60. The zero-order valence-electron chi connectivity index (χ0n) is 12.2. The summed E-state index contributed by atoms with van der Waals surface area (Å²) >= 11 is 0. The van der Waals surface area contributed by atoms with E-state index in [1.54, 1.807) is 13.0 Å². The number of rotatable bonds is 5. The van der Waals surface area contributed by atoms with E-state index < -0.39 is 0 Å². The molecule has 0 aliphatic carbocycles. The lowest BCUT2D eigenvalue weighted by Gasteiger charge is -2.09. The van der Waals surface area contributed by atoms with Crippen LogP contribution in [0.15, 0.2) is 6.07 Å². The Balaban J connectivity index is 2.30. The molecule has 0 atom stereocenters. The van der Waals surface area contributed by atoms with Crippen molar-refractivity contribution in [1.82, 2.24) is 14.6 Å². The predicted molar refractivity (Wildman–Crippen MR) is 76.5 cm³/mol. The number of pyridine rings is 1. The summed E-state index contributed by atoms with van der Waals surface area (Å²) in [4.78, 5) is 4.43. The third-order valence-electron chi connectivity index (χ3n) is 3.88.